The van der Waals surface area contributed by atoms with Crippen LogP contribution >= 0.6 is 11.3 Å². The molecule has 3 heteroatoms. The molecule has 0 saturated heterocycles. The van der Waals surface area contributed by atoms with Gasteiger partial charge in [0.05, 0.1) is 11.6 Å². The van der Waals surface area contributed by atoms with Crippen LogP contribution in [0.1, 0.15) is 48.4 Å². The van der Waals surface area contributed by atoms with Gasteiger partial charge >= 0.3 is 0 Å². The zero-order valence-corrected chi connectivity index (χ0v) is 10.6. The highest BCUT2D eigenvalue weighted by atomic mass is 32.1. The van der Waals surface area contributed by atoms with E-state index in [9.17, 15) is 0 Å². The first-order valence-corrected chi connectivity index (χ1v) is 6.76. The molecule has 1 heterocycles. The molecule has 0 aliphatic heterocycles. The van der Waals surface area contributed by atoms with Gasteiger partial charge in [-0.15, -0.1) is 17.3 Å². The normalized spacial score (nSPS) is 16.1. The van der Waals surface area contributed by atoms with Crippen LogP contribution in [0.25, 0.3) is 0 Å². The molecule has 0 radical (unpaired) electrons. The topological polar surface area (TPSA) is 24.9 Å². The van der Waals surface area contributed by atoms with Gasteiger partial charge in [0.1, 0.15) is 0 Å². The number of thiazole rings is 1. The van der Waals surface area contributed by atoms with E-state index in [1.807, 2.05) is 24.5 Å². The Labute approximate surface area is 101 Å². The van der Waals surface area contributed by atoms with Crippen LogP contribution in [0.15, 0.2) is 6.20 Å². The molecule has 0 amide bonds. The molecule has 1 aliphatic carbocycles. The Hall–Kier alpha value is -0.850. The van der Waals surface area contributed by atoms with Gasteiger partial charge < -0.3 is 5.32 Å². The summed E-state index contributed by atoms with van der Waals surface area (Å²) < 4.78 is 0. The van der Waals surface area contributed by atoms with Crippen molar-refractivity contribution in [2.75, 3.05) is 6.54 Å². The van der Waals surface area contributed by atoms with E-state index in [2.05, 4.69) is 22.1 Å². The summed E-state index contributed by atoms with van der Waals surface area (Å²) in [5.74, 6) is 6.63. The number of hydrogen-bond donors (Lipinski definition) is 1. The predicted octanol–water partition coefficient (Wildman–Crippen LogP) is 2.91. The molecule has 0 spiro atoms. The molecule has 0 aromatic carbocycles. The average Bonchev–Trinajstić information content (AvgIpc) is 2.94. The maximum atomic E-state index is 4.54. The molecular weight excluding hydrogens is 216 g/mol. The quantitative estimate of drug-likeness (QED) is 0.640. The third-order valence-corrected chi connectivity index (χ3v) is 4.13. The first kappa shape index (κ1) is 11.6. The van der Waals surface area contributed by atoms with Crippen LogP contribution in [0, 0.1) is 11.8 Å². The minimum atomic E-state index is 0.745. The van der Waals surface area contributed by atoms with Crippen LogP contribution in [-0.2, 0) is 6.54 Å². The van der Waals surface area contributed by atoms with Crippen LogP contribution in [0.5, 0.6) is 0 Å². The van der Waals surface area contributed by atoms with E-state index in [0.717, 1.165) is 19.0 Å². The van der Waals surface area contributed by atoms with Gasteiger partial charge in [-0.2, -0.15) is 0 Å². The summed E-state index contributed by atoms with van der Waals surface area (Å²) in [4.78, 5) is 5.87. The van der Waals surface area contributed by atoms with Crippen molar-refractivity contribution >= 4 is 11.3 Å². The van der Waals surface area contributed by atoms with Crippen molar-refractivity contribution in [2.45, 2.75) is 45.1 Å². The van der Waals surface area contributed by atoms with Gasteiger partial charge in [0.15, 0.2) is 0 Å². The van der Waals surface area contributed by atoms with E-state index in [0.29, 0.717) is 0 Å². The number of rotatable bonds is 4. The van der Waals surface area contributed by atoms with Crippen molar-refractivity contribution in [1.82, 2.24) is 10.3 Å². The zero-order valence-electron chi connectivity index (χ0n) is 9.75. The maximum absolute atomic E-state index is 4.54. The van der Waals surface area contributed by atoms with Crippen LogP contribution in [-0.4, -0.2) is 11.5 Å². The molecule has 86 valence electrons. The Morgan fingerprint density at radius 2 is 2.31 bits per heavy atom. The molecule has 1 aromatic rings. The van der Waals surface area contributed by atoms with E-state index in [-0.39, 0.29) is 0 Å². The molecule has 1 fully saturated rings. The van der Waals surface area contributed by atoms with Gasteiger partial charge in [0.2, 0.25) is 0 Å². The molecule has 1 aliphatic rings. The smallest absolute Gasteiger partial charge is 0.0959 e. The fourth-order valence-electron chi connectivity index (χ4n) is 2.10. The molecule has 1 N–H and O–H groups in total. The van der Waals surface area contributed by atoms with Crippen LogP contribution in [0.4, 0.5) is 0 Å². The van der Waals surface area contributed by atoms with Gasteiger partial charge in [-0.3, -0.25) is 0 Å². The highest BCUT2D eigenvalue weighted by molar-refractivity contribution is 7.11. The summed E-state index contributed by atoms with van der Waals surface area (Å²) in [6.45, 7) is 3.54. The van der Waals surface area contributed by atoms with Crippen molar-refractivity contribution in [1.29, 1.82) is 0 Å². The zero-order chi connectivity index (χ0) is 11.2. The van der Waals surface area contributed by atoms with E-state index in [1.54, 1.807) is 0 Å². The lowest BCUT2D eigenvalue weighted by Crippen LogP contribution is -2.11. The molecule has 16 heavy (non-hydrogen) atoms. The number of aromatic nitrogens is 1. The molecule has 0 unspecified atom stereocenters. The SMILES string of the molecule is CC#CCNCc1cnc(C2CCCC2)s1. The fourth-order valence-corrected chi connectivity index (χ4v) is 3.16. The predicted molar refractivity (Wildman–Crippen MR) is 68.5 cm³/mol. The lowest BCUT2D eigenvalue weighted by molar-refractivity contribution is 0.716. The Morgan fingerprint density at radius 1 is 1.50 bits per heavy atom. The highest BCUT2D eigenvalue weighted by Crippen LogP contribution is 2.35. The molecule has 1 saturated carbocycles. The van der Waals surface area contributed by atoms with Crippen LogP contribution in [0.2, 0.25) is 0 Å². The lowest BCUT2D eigenvalue weighted by Gasteiger charge is -2.02. The molecule has 0 bridgehead atoms. The van der Waals surface area contributed by atoms with Gasteiger partial charge in [0.25, 0.3) is 0 Å². The number of hydrogen-bond acceptors (Lipinski definition) is 3. The maximum Gasteiger partial charge on any atom is 0.0959 e. The third kappa shape index (κ3) is 3.07. The van der Waals surface area contributed by atoms with Gasteiger partial charge in [-0.1, -0.05) is 18.8 Å². The first-order valence-electron chi connectivity index (χ1n) is 5.95. The third-order valence-electron chi connectivity index (χ3n) is 2.97. The summed E-state index contributed by atoms with van der Waals surface area (Å²) in [6.07, 6.45) is 7.45. The van der Waals surface area contributed by atoms with Gasteiger partial charge in [-0.25, -0.2) is 4.98 Å². The summed E-state index contributed by atoms with van der Waals surface area (Å²) in [6, 6.07) is 0. The monoisotopic (exact) mass is 234 g/mol. The molecule has 2 nitrogen and oxygen atoms in total. The molecule has 1 aromatic heterocycles. The summed E-state index contributed by atoms with van der Waals surface area (Å²) in [5, 5.41) is 4.65. The van der Waals surface area contributed by atoms with Crippen molar-refractivity contribution in [2.24, 2.45) is 0 Å². The summed E-state index contributed by atoms with van der Waals surface area (Å²) in [5.41, 5.74) is 0. The number of nitrogens with one attached hydrogen (secondary N) is 1. The summed E-state index contributed by atoms with van der Waals surface area (Å²) >= 11 is 1.87. The molecule has 2 rings (SSSR count). The lowest BCUT2D eigenvalue weighted by atomic mass is 10.1. The molecule has 0 atom stereocenters. The first-order chi connectivity index (χ1) is 7.90. The van der Waals surface area contributed by atoms with Gasteiger partial charge in [-0.05, 0) is 19.8 Å². The highest BCUT2D eigenvalue weighted by Gasteiger charge is 2.19. The fraction of sp³-hybridized carbons (Fsp3) is 0.615. The molecular formula is C13H18N2S. The largest absolute Gasteiger partial charge is 0.301 e. The Balaban J connectivity index is 1.83. The van der Waals surface area contributed by atoms with E-state index in [4.69, 9.17) is 0 Å². The van der Waals surface area contributed by atoms with Crippen LogP contribution in [0.3, 0.4) is 0 Å². The average molecular weight is 234 g/mol. The minimum absolute atomic E-state index is 0.745. The van der Waals surface area contributed by atoms with E-state index >= 15 is 0 Å². The van der Waals surface area contributed by atoms with Crippen molar-refractivity contribution in [3.63, 3.8) is 0 Å². The second-order valence-corrected chi connectivity index (χ2v) is 5.32. The van der Waals surface area contributed by atoms with E-state index < -0.39 is 0 Å². The Kier molecular flexibility index (Phi) is 4.38. The standard InChI is InChI=1S/C13H18N2S/c1-2-3-8-14-9-12-10-15-13(16-12)11-6-4-5-7-11/h10-11,14H,4-9H2,1H3. The van der Waals surface area contributed by atoms with E-state index in [1.165, 1.54) is 35.6 Å². The second kappa shape index (κ2) is 6.03. The Morgan fingerprint density at radius 3 is 3.06 bits per heavy atom. The second-order valence-electron chi connectivity index (χ2n) is 4.18. The van der Waals surface area contributed by atoms with Gasteiger partial charge in [0, 0.05) is 23.5 Å². The van der Waals surface area contributed by atoms with Crippen molar-refractivity contribution in [3.05, 3.63) is 16.1 Å². The number of nitrogens with zero attached hydrogens (tertiary/aromatic N) is 1. The summed E-state index contributed by atoms with van der Waals surface area (Å²) in [7, 11) is 0. The minimum Gasteiger partial charge on any atom is -0.301 e. The van der Waals surface area contributed by atoms with Crippen LogP contribution < -0.4 is 5.32 Å². The van der Waals surface area contributed by atoms with Crippen molar-refractivity contribution in [3.8, 4) is 11.8 Å². The van der Waals surface area contributed by atoms with Crippen molar-refractivity contribution < 1.29 is 0 Å². The Bertz CT molecular complexity index is 380.